The van der Waals surface area contributed by atoms with Crippen molar-refractivity contribution in [2.45, 2.75) is 68.9 Å². The molecule has 3 fully saturated rings. The lowest BCUT2D eigenvalue weighted by Crippen LogP contribution is -2.70. The van der Waals surface area contributed by atoms with E-state index in [1.165, 1.54) is 0 Å². The summed E-state index contributed by atoms with van der Waals surface area (Å²) >= 11 is 0. The molecule has 0 amide bonds. The second-order valence-electron chi connectivity index (χ2n) is 11.0. The summed E-state index contributed by atoms with van der Waals surface area (Å²) in [4.78, 5) is 13.3. The Balaban J connectivity index is 1.58. The molecule has 180 valence electrons. The average molecular weight is 465 g/mol. The molecule has 0 unspecified atom stereocenters. The van der Waals surface area contributed by atoms with Gasteiger partial charge in [-0.15, -0.1) is 0 Å². The first-order valence-corrected chi connectivity index (χ1v) is 12.1. The summed E-state index contributed by atoms with van der Waals surface area (Å²) in [6.07, 6.45) is 4.51. The number of rotatable bonds is 4. The number of ketones is 1. The predicted molar refractivity (Wildman–Crippen MR) is 124 cm³/mol. The predicted octanol–water partition coefficient (Wildman–Crippen LogP) is 3.24. The minimum Gasteiger partial charge on any atom is -0.392 e. The summed E-state index contributed by atoms with van der Waals surface area (Å²) in [5, 5.41) is 22.1. The number of carbonyl (C=O) groups is 1. The molecule has 0 spiro atoms. The molecule has 5 aliphatic rings. The Morgan fingerprint density at radius 3 is 2.62 bits per heavy atom. The van der Waals surface area contributed by atoms with E-state index in [0.29, 0.717) is 24.0 Å². The Bertz CT molecular complexity index is 1140. The van der Waals surface area contributed by atoms with Crippen LogP contribution in [0.15, 0.2) is 65.8 Å². The minimum atomic E-state index is -1.67. The number of aliphatic hydroxyl groups is 2. The molecule has 1 aromatic carbocycles. The highest BCUT2D eigenvalue weighted by Crippen LogP contribution is 2.68. The Labute approximate surface area is 199 Å². The largest absolute Gasteiger partial charge is 0.392 e. The molecule has 0 radical (unpaired) electrons. The number of fused-ring (bicyclic) bond motifs is 2. The zero-order valence-corrected chi connectivity index (χ0v) is 19.9. The van der Waals surface area contributed by atoms with Crippen LogP contribution in [0, 0.1) is 17.8 Å². The molecule has 8 atom stereocenters. The smallest absolute Gasteiger partial charge is 0.289 e. The molecular weight excluding hydrogens is 432 g/mol. The highest BCUT2D eigenvalue weighted by Gasteiger charge is 2.79. The topological polar surface area (TPSA) is 85.2 Å². The minimum absolute atomic E-state index is 0.0761. The Morgan fingerprint density at radius 2 is 1.94 bits per heavy atom. The number of Topliss-reactive ketones (excluding diaryl/α,β-unsaturated/α-hetero) is 1. The fourth-order valence-electron chi connectivity index (χ4n) is 7.50. The number of hydrogen-bond donors (Lipinski definition) is 2. The van der Waals surface area contributed by atoms with Gasteiger partial charge in [0.1, 0.15) is 17.3 Å². The maximum absolute atomic E-state index is 13.3. The van der Waals surface area contributed by atoms with E-state index >= 15 is 0 Å². The molecule has 6 rings (SSSR count). The van der Waals surface area contributed by atoms with Crippen molar-refractivity contribution in [3.63, 3.8) is 0 Å². The van der Waals surface area contributed by atoms with Gasteiger partial charge in [-0.25, -0.2) is 0 Å². The second-order valence-corrected chi connectivity index (χ2v) is 11.0. The summed E-state index contributed by atoms with van der Waals surface area (Å²) in [7, 11) is 0. The summed E-state index contributed by atoms with van der Waals surface area (Å²) < 4.78 is 20.5. The zero-order valence-electron chi connectivity index (χ0n) is 19.9. The molecule has 2 N–H and O–H groups in total. The molecule has 1 saturated carbocycles. The molecule has 3 bridgehead atoms. The summed E-state index contributed by atoms with van der Waals surface area (Å²) in [6, 6.07) is 9.92. The van der Waals surface area contributed by atoms with Crippen LogP contribution in [0.3, 0.4) is 0 Å². The van der Waals surface area contributed by atoms with E-state index in [1.807, 2.05) is 49.4 Å². The van der Waals surface area contributed by atoms with Crippen LogP contribution in [0.25, 0.3) is 0 Å². The van der Waals surface area contributed by atoms with Gasteiger partial charge < -0.3 is 24.4 Å². The summed E-state index contributed by atoms with van der Waals surface area (Å²) in [6.45, 7) is 9.87. The van der Waals surface area contributed by atoms with Crippen LogP contribution >= 0.6 is 0 Å². The fraction of sp³-hybridized carbons (Fsp3) is 0.536. The second kappa shape index (κ2) is 6.99. The highest BCUT2D eigenvalue weighted by atomic mass is 16.9. The van der Waals surface area contributed by atoms with Crippen LogP contribution < -0.4 is 0 Å². The molecule has 34 heavy (non-hydrogen) atoms. The molecule has 2 saturated heterocycles. The summed E-state index contributed by atoms with van der Waals surface area (Å²) in [5.74, 6) is -2.64. The van der Waals surface area contributed by atoms with Gasteiger partial charge in [0.2, 0.25) is 0 Å². The van der Waals surface area contributed by atoms with Gasteiger partial charge in [-0.3, -0.25) is 4.79 Å². The van der Waals surface area contributed by atoms with Crippen molar-refractivity contribution in [3.05, 3.63) is 71.3 Å². The molecule has 0 aromatic heterocycles. The molecule has 2 heterocycles. The van der Waals surface area contributed by atoms with E-state index in [0.717, 1.165) is 11.1 Å². The third kappa shape index (κ3) is 2.61. The van der Waals surface area contributed by atoms with E-state index in [-0.39, 0.29) is 30.6 Å². The number of ether oxygens (including phenoxy) is 3. The van der Waals surface area contributed by atoms with Crippen LogP contribution in [0.5, 0.6) is 0 Å². The van der Waals surface area contributed by atoms with Gasteiger partial charge in [0, 0.05) is 18.3 Å². The van der Waals surface area contributed by atoms with Crippen LogP contribution in [0.4, 0.5) is 0 Å². The highest BCUT2D eigenvalue weighted by molar-refractivity contribution is 6.04. The van der Waals surface area contributed by atoms with Crippen molar-refractivity contribution < 1.29 is 29.2 Å². The Morgan fingerprint density at radius 1 is 1.21 bits per heavy atom. The van der Waals surface area contributed by atoms with E-state index in [4.69, 9.17) is 14.2 Å². The molecule has 2 aliphatic heterocycles. The number of benzene rings is 1. The van der Waals surface area contributed by atoms with Crippen LogP contribution in [0.1, 0.15) is 39.2 Å². The van der Waals surface area contributed by atoms with Crippen LogP contribution in [0.2, 0.25) is 0 Å². The quantitative estimate of drug-likeness (QED) is 0.666. The molecular formula is C28H32O6. The first kappa shape index (κ1) is 22.4. The van der Waals surface area contributed by atoms with Crippen LogP contribution in [-0.2, 0) is 25.4 Å². The van der Waals surface area contributed by atoms with Crippen molar-refractivity contribution in [2.75, 3.05) is 6.61 Å². The van der Waals surface area contributed by atoms with Gasteiger partial charge >= 0.3 is 0 Å². The molecule has 3 aliphatic carbocycles. The Hall–Kier alpha value is -2.09. The van der Waals surface area contributed by atoms with Crippen LogP contribution in [-0.4, -0.2) is 51.5 Å². The molecule has 6 nitrogen and oxygen atoms in total. The standard InChI is InChI=1S/C28H32O6/c1-16(2)26-12-18(4)28-21(11-20(15-29)13-25(31)22(28)10-17(3)23(25)30)24(26)32-27(33-26,34-28)14-19-8-6-5-7-9-19/h5-11,18,21-22,24,29,31H,1,12-15H2,2-4H3/t18-,21+,22-,24-,25-,26+,27-,28-/m1/s1. The average Bonchev–Trinajstić information content (AvgIpc) is 3.10. The number of aliphatic hydroxyl groups excluding tert-OH is 1. The maximum Gasteiger partial charge on any atom is 0.289 e. The number of hydrogen-bond acceptors (Lipinski definition) is 6. The van der Waals surface area contributed by atoms with Gasteiger partial charge in [0.05, 0.1) is 18.6 Å². The maximum atomic E-state index is 13.3. The van der Waals surface area contributed by atoms with Gasteiger partial charge in [-0.1, -0.05) is 56.0 Å². The molecule has 6 heteroatoms. The van der Waals surface area contributed by atoms with E-state index in [1.54, 1.807) is 6.92 Å². The van der Waals surface area contributed by atoms with Gasteiger partial charge in [0.15, 0.2) is 5.78 Å². The first-order valence-electron chi connectivity index (χ1n) is 12.1. The Kier molecular flexibility index (Phi) is 4.60. The number of carbonyl (C=O) groups excluding carboxylic acids is 1. The van der Waals surface area contributed by atoms with Crippen molar-refractivity contribution in [1.29, 1.82) is 0 Å². The van der Waals surface area contributed by atoms with Crippen molar-refractivity contribution in [3.8, 4) is 0 Å². The lowest BCUT2D eigenvalue weighted by atomic mass is 9.55. The van der Waals surface area contributed by atoms with Gasteiger partial charge in [-0.05, 0) is 48.5 Å². The SMILES string of the molecule is C=C(C)[C@@]12C[C@@H](C)[C@@]34O[C@](Cc5ccccc5)(O[C@@H]1[C@@H]3C=C(CO)C[C@]1(O)C(=O)C(C)=C[C@@H]41)O2. The monoisotopic (exact) mass is 464 g/mol. The lowest BCUT2D eigenvalue weighted by Gasteiger charge is -2.59. The van der Waals surface area contributed by atoms with Crippen molar-refractivity contribution in [2.24, 2.45) is 17.8 Å². The lowest BCUT2D eigenvalue weighted by molar-refractivity contribution is -0.421. The summed E-state index contributed by atoms with van der Waals surface area (Å²) in [5.41, 5.74) is -0.348. The van der Waals surface area contributed by atoms with Gasteiger partial charge in [-0.2, -0.15) is 0 Å². The van der Waals surface area contributed by atoms with Gasteiger partial charge in [0.25, 0.3) is 5.97 Å². The molecule has 1 aromatic rings. The normalized spacial score (nSPS) is 46.4. The van der Waals surface area contributed by atoms with E-state index in [2.05, 4.69) is 13.5 Å². The van der Waals surface area contributed by atoms with Crippen molar-refractivity contribution >= 4 is 5.78 Å². The zero-order chi connectivity index (χ0) is 24.1. The third-order valence-electron chi connectivity index (χ3n) is 8.93. The van der Waals surface area contributed by atoms with Crippen molar-refractivity contribution in [1.82, 2.24) is 0 Å². The van der Waals surface area contributed by atoms with E-state index in [9.17, 15) is 15.0 Å². The fourth-order valence-corrected chi connectivity index (χ4v) is 7.50. The third-order valence-corrected chi connectivity index (χ3v) is 8.93. The first-order chi connectivity index (χ1) is 16.1. The van der Waals surface area contributed by atoms with E-state index < -0.39 is 34.8 Å².